The number of piperidine rings is 1. The number of benzene rings is 3. The molecule has 2 aliphatic rings. The van der Waals surface area contributed by atoms with Gasteiger partial charge in [-0.2, -0.15) is 5.10 Å². The Labute approximate surface area is 270 Å². The maximum absolute atomic E-state index is 13.7. The van der Waals surface area contributed by atoms with Crippen LogP contribution in [0.1, 0.15) is 41.4 Å². The van der Waals surface area contributed by atoms with Crippen molar-refractivity contribution in [3.63, 3.8) is 0 Å². The molecule has 13 heteroatoms. The van der Waals surface area contributed by atoms with E-state index in [4.69, 9.17) is 0 Å². The number of hydrogen-bond acceptors (Lipinski definition) is 7. The number of anilines is 1. The minimum Gasteiger partial charge on any atom is -0.345 e. The minimum absolute atomic E-state index is 0.0544. The van der Waals surface area contributed by atoms with E-state index in [9.17, 15) is 19.7 Å². The van der Waals surface area contributed by atoms with E-state index >= 15 is 0 Å². The molecule has 5 aromatic rings. The van der Waals surface area contributed by atoms with Crippen LogP contribution in [0, 0.1) is 17.0 Å². The van der Waals surface area contributed by atoms with Gasteiger partial charge in [-0.15, -0.1) is 0 Å². The van der Waals surface area contributed by atoms with Crippen molar-refractivity contribution >= 4 is 34.2 Å². The van der Waals surface area contributed by atoms with Crippen LogP contribution in [0.4, 0.5) is 16.2 Å². The molecular weight excluding hydrogens is 598 g/mol. The molecule has 3 amide bonds. The third kappa shape index (κ3) is 6.17. The van der Waals surface area contributed by atoms with Crippen LogP contribution in [0.15, 0.2) is 79.3 Å². The van der Waals surface area contributed by atoms with E-state index in [1.54, 1.807) is 41.4 Å². The molecule has 2 aromatic heterocycles. The van der Waals surface area contributed by atoms with E-state index in [0.717, 1.165) is 46.1 Å². The zero-order valence-electron chi connectivity index (χ0n) is 25.9. The predicted octanol–water partition coefficient (Wildman–Crippen LogP) is 4.88. The number of amides is 3. The summed E-state index contributed by atoms with van der Waals surface area (Å²) in [6.07, 6.45) is 6.98. The normalized spacial score (nSPS) is 16.1. The van der Waals surface area contributed by atoms with Crippen LogP contribution in [-0.4, -0.2) is 72.1 Å². The summed E-state index contributed by atoms with van der Waals surface area (Å²) < 4.78 is 1.68. The van der Waals surface area contributed by atoms with Crippen molar-refractivity contribution < 1.29 is 14.5 Å². The monoisotopic (exact) mass is 633 g/mol. The number of nitrogens with zero attached hydrogens (tertiary/aromatic N) is 6. The molecule has 1 unspecified atom stereocenters. The third-order valence-corrected chi connectivity index (χ3v) is 9.13. The number of nitrogens with one attached hydrogen (secondary N) is 3. The second-order valence-electron chi connectivity index (χ2n) is 12.2. The number of hydrogen-bond donors (Lipinski definition) is 3. The summed E-state index contributed by atoms with van der Waals surface area (Å²) >= 11 is 0. The Morgan fingerprint density at radius 3 is 2.74 bits per heavy atom. The van der Waals surface area contributed by atoms with Gasteiger partial charge in [0.25, 0.3) is 5.69 Å². The SMILES string of the molecule is Cc1cc(CC(NC(=O)CN2CCC(N3Cc4ccccc4NC3=O)CC2)c2nccn2-c2ccccc2[N+](=O)[O-])cc2cn[nH]c12. The molecule has 0 spiro atoms. The van der Waals surface area contributed by atoms with E-state index in [-0.39, 0.29) is 30.2 Å². The second-order valence-corrected chi connectivity index (χ2v) is 12.2. The summed E-state index contributed by atoms with van der Waals surface area (Å²) in [7, 11) is 0. The van der Waals surface area contributed by atoms with Gasteiger partial charge in [-0.25, -0.2) is 9.78 Å². The number of nitro benzene ring substituents is 1. The molecule has 2 aliphatic heterocycles. The Morgan fingerprint density at radius 1 is 1.13 bits per heavy atom. The highest BCUT2D eigenvalue weighted by Gasteiger charge is 2.32. The van der Waals surface area contributed by atoms with E-state index in [2.05, 4.69) is 36.8 Å². The zero-order chi connectivity index (χ0) is 32.5. The Morgan fingerprint density at radius 2 is 1.91 bits per heavy atom. The molecule has 0 radical (unpaired) electrons. The van der Waals surface area contributed by atoms with Gasteiger partial charge in [0, 0.05) is 55.2 Å². The topological polar surface area (TPSA) is 154 Å². The average molecular weight is 634 g/mol. The summed E-state index contributed by atoms with van der Waals surface area (Å²) in [6, 6.07) is 17.9. The number of imidazole rings is 1. The maximum atomic E-state index is 13.7. The van der Waals surface area contributed by atoms with Crippen LogP contribution < -0.4 is 10.6 Å². The third-order valence-electron chi connectivity index (χ3n) is 9.13. The Kier molecular flexibility index (Phi) is 8.12. The van der Waals surface area contributed by atoms with Crippen molar-refractivity contribution in [2.24, 2.45) is 0 Å². The molecule has 240 valence electrons. The van der Waals surface area contributed by atoms with Crippen molar-refractivity contribution in [1.29, 1.82) is 0 Å². The second kappa shape index (κ2) is 12.7. The Bertz CT molecular complexity index is 1960. The summed E-state index contributed by atoms with van der Waals surface area (Å²) in [5.74, 6) is 0.323. The van der Waals surface area contributed by atoms with Gasteiger partial charge >= 0.3 is 6.03 Å². The number of aryl methyl sites for hydroxylation is 1. The molecule has 7 rings (SSSR count). The quantitative estimate of drug-likeness (QED) is 0.154. The molecule has 13 nitrogen and oxygen atoms in total. The summed E-state index contributed by atoms with van der Waals surface area (Å²) in [6.45, 7) is 4.11. The number of carbonyl (C=O) groups excluding carboxylic acids is 2. The van der Waals surface area contributed by atoms with Crippen LogP contribution in [-0.2, 0) is 17.8 Å². The number of rotatable bonds is 9. The van der Waals surface area contributed by atoms with Gasteiger partial charge in [0.2, 0.25) is 5.91 Å². The number of urea groups is 1. The molecule has 3 aromatic carbocycles. The van der Waals surface area contributed by atoms with Gasteiger partial charge in [-0.3, -0.25) is 29.5 Å². The van der Waals surface area contributed by atoms with E-state index < -0.39 is 11.0 Å². The molecule has 0 bridgehead atoms. The lowest BCUT2D eigenvalue weighted by molar-refractivity contribution is -0.384. The smallest absolute Gasteiger partial charge is 0.322 e. The first-order valence-electron chi connectivity index (χ1n) is 15.7. The molecule has 1 saturated heterocycles. The average Bonchev–Trinajstić information content (AvgIpc) is 3.75. The summed E-state index contributed by atoms with van der Waals surface area (Å²) in [5, 5.41) is 26.2. The first-order valence-corrected chi connectivity index (χ1v) is 15.7. The van der Waals surface area contributed by atoms with Gasteiger partial charge < -0.3 is 15.5 Å². The summed E-state index contributed by atoms with van der Waals surface area (Å²) in [5.41, 5.74) is 5.22. The van der Waals surface area contributed by atoms with Crippen molar-refractivity contribution in [2.45, 2.75) is 44.8 Å². The van der Waals surface area contributed by atoms with Crippen molar-refractivity contribution in [2.75, 3.05) is 25.0 Å². The first kappa shape index (κ1) is 30.1. The molecular formula is C34H35N9O4. The molecule has 0 aliphatic carbocycles. The van der Waals surface area contributed by atoms with E-state index in [1.165, 1.54) is 6.07 Å². The number of likely N-dealkylation sites (tertiary alicyclic amines) is 1. The number of aromatic nitrogens is 4. The van der Waals surface area contributed by atoms with Gasteiger partial charge in [-0.05, 0) is 61.1 Å². The van der Waals surface area contributed by atoms with Crippen LogP contribution in [0.25, 0.3) is 16.6 Å². The van der Waals surface area contributed by atoms with E-state index in [1.807, 2.05) is 42.2 Å². The molecule has 0 saturated carbocycles. The number of para-hydroxylation sites is 3. The molecule has 47 heavy (non-hydrogen) atoms. The van der Waals surface area contributed by atoms with Crippen molar-refractivity contribution in [3.05, 3.63) is 112 Å². The number of aromatic amines is 1. The number of carbonyl (C=O) groups is 2. The molecule has 4 heterocycles. The molecule has 3 N–H and O–H groups in total. The number of H-pyrrole nitrogens is 1. The fourth-order valence-corrected chi connectivity index (χ4v) is 6.82. The highest BCUT2D eigenvalue weighted by atomic mass is 16.6. The predicted molar refractivity (Wildman–Crippen MR) is 176 cm³/mol. The lowest BCUT2D eigenvalue weighted by Crippen LogP contribution is -2.51. The van der Waals surface area contributed by atoms with Gasteiger partial charge in [-0.1, -0.05) is 36.4 Å². The molecule has 1 fully saturated rings. The minimum atomic E-state index is -0.573. The lowest BCUT2D eigenvalue weighted by Gasteiger charge is -2.40. The number of fused-ring (bicyclic) bond motifs is 2. The van der Waals surface area contributed by atoms with Crippen LogP contribution in [0.5, 0.6) is 0 Å². The van der Waals surface area contributed by atoms with E-state index in [0.29, 0.717) is 37.6 Å². The standard InChI is InChI=1S/C34H35N9O4/c1-22-16-23(17-25-19-36-39-32(22)25)18-28(33-35-12-15-41(33)29-8-4-5-9-30(29)43(46)47)37-31(44)21-40-13-10-26(11-14-40)42-20-24-6-2-3-7-27(24)38-34(42)45/h2-9,12,15-17,19,26,28H,10-11,13-14,18,20-21H2,1H3,(H,36,39)(H,37,44)(H,38,45). The van der Waals surface area contributed by atoms with Gasteiger partial charge in [0.1, 0.15) is 11.5 Å². The maximum Gasteiger partial charge on any atom is 0.322 e. The van der Waals surface area contributed by atoms with Crippen LogP contribution in [0.3, 0.4) is 0 Å². The fraction of sp³-hybridized carbons (Fsp3) is 0.294. The highest BCUT2D eigenvalue weighted by molar-refractivity contribution is 5.92. The van der Waals surface area contributed by atoms with Crippen LogP contribution in [0.2, 0.25) is 0 Å². The summed E-state index contributed by atoms with van der Waals surface area (Å²) in [4.78, 5) is 46.6. The van der Waals surface area contributed by atoms with Gasteiger partial charge in [0.05, 0.1) is 29.2 Å². The number of nitro groups is 1. The fourth-order valence-electron chi connectivity index (χ4n) is 6.82. The van der Waals surface area contributed by atoms with Crippen molar-refractivity contribution in [3.8, 4) is 5.69 Å². The lowest BCUT2D eigenvalue weighted by atomic mass is 10.00. The van der Waals surface area contributed by atoms with Crippen LogP contribution >= 0.6 is 0 Å². The molecule has 1 atom stereocenters. The first-order chi connectivity index (χ1) is 22.8. The van der Waals surface area contributed by atoms with Gasteiger partial charge in [0.15, 0.2) is 0 Å². The zero-order valence-corrected chi connectivity index (χ0v) is 25.9. The largest absolute Gasteiger partial charge is 0.345 e. The Balaban J connectivity index is 1.08. The Hall–Kier alpha value is -5.56. The van der Waals surface area contributed by atoms with Crippen molar-refractivity contribution in [1.82, 2.24) is 34.9 Å². The highest BCUT2D eigenvalue weighted by Crippen LogP contribution is 2.30.